The van der Waals surface area contributed by atoms with Gasteiger partial charge in [0.25, 0.3) is 0 Å². The second-order valence-electron chi connectivity index (χ2n) is 9.89. The molecule has 0 unspecified atom stereocenters. The number of pyridine rings is 1. The van der Waals surface area contributed by atoms with Crippen molar-refractivity contribution in [2.45, 2.75) is 32.7 Å². The molecule has 9 nitrogen and oxygen atoms in total. The van der Waals surface area contributed by atoms with Gasteiger partial charge in [0.15, 0.2) is 5.65 Å². The van der Waals surface area contributed by atoms with Crippen LogP contribution < -0.4 is 10.6 Å². The Morgan fingerprint density at radius 1 is 1.10 bits per heavy atom. The van der Waals surface area contributed by atoms with Crippen LogP contribution in [0.15, 0.2) is 66.0 Å². The number of aryl methyl sites for hydroxylation is 2. The van der Waals surface area contributed by atoms with Crippen molar-refractivity contribution in [3.05, 3.63) is 93.6 Å². The number of carbonyl (C=O) groups is 2. The molecular weight excluding hydrogens is 561 g/mol. The van der Waals surface area contributed by atoms with Crippen molar-refractivity contribution in [2.75, 3.05) is 24.5 Å². The van der Waals surface area contributed by atoms with E-state index in [0.717, 1.165) is 17.2 Å². The Bertz CT molecular complexity index is 1770. The van der Waals surface area contributed by atoms with Crippen LogP contribution in [0.5, 0.6) is 0 Å². The second-order valence-corrected chi connectivity index (χ2v) is 10.3. The minimum absolute atomic E-state index is 0.0749. The highest BCUT2D eigenvalue weighted by atomic mass is 35.5. The van der Waals surface area contributed by atoms with E-state index in [9.17, 15) is 23.9 Å². The van der Waals surface area contributed by atoms with Gasteiger partial charge in [0.2, 0.25) is 5.91 Å². The average Bonchev–Trinajstić information content (AvgIpc) is 3.00. The maximum Gasteiger partial charge on any atom is 0.355 e. The lowest BCUT2D eigenvalue weighted by Gasteiger charge is -2.40. The lowest BCUT2D eigenvalue weighted by atomic mass is 10.0. The Kier molecular flexibility index (Phi) is 8.08. The van der Waals surface area contributed by atoms with E-state index < -0.39 is 29.4 Å². The summed E-state index contributed by atoms with van der Waals surface area (Å²) in [6.07, 6.45) is 2.37. The topological polar surface area (TPSA) is 109 Å². The molecule has 0 spiro atoms. The fraction of sp³-hybridized carbons (Fsp3) is 0.258. The fourth-order valence-corrected chi connectivity index (χ4v) is 5.70. The molecule has 0 radical (unpaired) electrons. The van der Waals surface area contributed by atoms with Crippen LogP contribution in [0.3, 0.4) is 0 Å². The minimum atomic E-state index is -1.20. The number of rotatable bonds is 7. The number of halogens is 2. The first-order valence-electron chi connectivity index (χ1n) is 13.6. The minimum Gasteiger partial charge on any atom is -0.480 e. The zero-order valence-electron chi connectivity index (χ0n) is 23.2. The van der Waals surface area contributed by atoms with Crippen LogP contribution in [0.25, 0.3) is 28.0 Å². The number of hydrogen-bond acceptors (Lipinski definition) is 6. The van der Waals surface area contributed by atoms with Crippen LogP contribution in [0, 0.1) is 5.82 Å². The number of carboxylic acids is 1. The number of amides is 1. The van der Waals surface area contributed by atoms with Crippen LogP contribution in [-0.4, -0.2) is 62.1 Å². The van der Waals surface area contributed by atoms with Gasteiger partial charge in [-0.05, 0) is 48.2 Å². The predicted octanol–water partition coefficient (Wildman–Crippen LogP) is 4.65. The van der Waals surface area contributed by atoms with Gasteiger partial charge in [0.1, 0.15) is 17.7 Å². The van der Waals surface area contributed by atoms with Gasteiger partial charge in [-0.15, -0.1) is 0 Å². The van der Waals surface area contributed by atoms with Gasteiger partial charge in [0, 0.05) is 18.7 Å². The van der Waals surface area contributed by atoms with Gasteiger partial charge in [-0.3, -0.25) is 4.79 Å². The smallest absolute Gasteiger partial charge is 0.355 e. The number of anilines is 1. The molecule has 1 fully saturated rings. The van der Waals surface area contributed by atoms with Crippen molar-refractivity contribution >= 4 is 40.3 Å². The number of carbonyl (C=O) groups excluding carboxylic acids is 1. The van der Waals surface area contributed by atoms with E-state index in [1.807, 2.05) is 32.0 Å². The molecule has 42 heavy (non-hydrogen) atoms. The van der Waals surface area contributed by atoms with Gasteiger partial charge < -0.3 is 14.9 Å². The molecule has 1 N–H and O–H groups in total. The van der Waals surface area contributed by atoms with Crippen LogP contribution in [-0.2, 0) is 22.4 Å². The first-order chi connectivity index (χ1) is 20.2. The standard InChI is InChI=1S/C31H29ClFN5O4/c1-4-18-10-9-11-19(5-2)27(18)38-29-21(16-22(32)26(34-29)20-12-7-8-13-23(20)33)28(35-31(38)42)37-15-14-36(25(39)6-3)17-24(37)30(40)41/h6-13,16,24H,3-5,14-15,17H2,1-2H3,(H,40,41)/t24-/m1/s1. The summed E-state index contributed by atoms with van der Waals surface area (Å²) in [5, 5.41) is 10.6. The number of benzene rings is 2. The first-order valence-corrected chi connectivity index (χ1v) is 14.0. The quantitative estimate of drug-likeness (QED) is 0.313. The molecule has 1 aliphatic heterocycles. The highest BCUT2D eigenvalue weighted by Gasteiger charge is 2.36. The maximum atomic E-state index is 14.9. The largest absolute Gasteiger partial charge is 0.480 e. The number of aliphatic carboxylic acids is 1. The van der Waals surface area contributed by atoms with Gasteiger partial charge in [0.05, 0.1) is 28.3 Å². The Labute approximate surface area is 246 Å². The third-order valence-electron chi connectivity index (χ3n) is 7.54. The molecule has 5 rings (SSSR count). The summed E-state index contributed by atoms with van der Waals surface area (Å²) >= 11 is 6.72. The molecule has 2 aromatic heterocycles. The summed E-state index contributed by atoms with van der Waals surface area (Å²) < 4.78 is 16.4. The van der Waals surface area contributed by atoms with E-state index in [2.05, 4.69) is 11.6 Å². The van der Waals surface area contributed by atoms with Gasteiger partial charge in [-0.2, -0.15) is 4.98 Å². The van der Waals surface area contributed by atoms with Gasteiger partial charge in [-0.25, -0.2) is 23.5 Å². The number of fused-ring (bicyclic) bond motifs is 1. The summed E-state index contributed by atoms with van der Waals surface area (Å²) in [4.78, 5) is 50.7. The lowest BCUT2D eigenvalue weighted by molar-refractivity contribution is -0.140. The van der Waals surface area contributed by atoms with Crippen molar-refractivity contribution in [1.29, 1.82) is 0 Å². The monoisotopic (exact) mass is 589 g/mol. The van der Waals surface area contributed by atoms with Crippen molar-refractivity contribution in [3.8, 4) is 16.9 Å². The number of nitrogens with zero attached hydrogens (tertiary/aromatic N) is 5. The van der Waals surface area contributed by atoms with Crippen LogP contribution >= 0.6 is 11.6 Å². The summed E-state index contributed by atoms with van der Waals surface area (Å²) in [7, 11) is 0. The van der Waals surface area contributed by atoms with E-state index in [0.29, 0.717) is 23.9 Å². The molecule has 1 saturated heterocycles. The van der Waals surface area contributed by atoms with Crippen LogP contribution in [0.2, 0.25) is 5.02 Å². The number of aromatic nitrogens is 3. The summed E-state index contributed by atoms with van der Waals surface area (Å²) in [6.45, 7) is 7.58. The van der Waals surface area contributed by atoms with Crippen molar-refractivity contribution < 1.29 is 19.1 Å². The highest BCUT2D eigenvalue weighted by molar-refractivity contribution is 6.33. The summed E-state index contributed by atoms with van der Waals surface area (Å²) in [5.41, 5.74) is 2.18. The molecule has 4 aromatic rings. The number of hydrogen-bond donors (Lipinski definition) is 1. The second kappa shape index (κ2) is 11.7. The van der Waals surface area contributed by atoms with E-state index in [4.69, 9.17) is 16.6 Å². The third kappa shape index (κ3) is 5.02. The molecule has 1 aliphatic rings. The molecule has 11 heteroatoms. The zero-order valence-corrected chi connectivity index (χ0v) is 23.9. The lowest BCUT2D eigenvalue weighted by Crippen LogP contribution is -2.58. The molecule has 216 valence electrons. The SMILES string of the molecule is C=CC(=O)N1CCN(c2nc(=O)n(-c3c(CC)cccc3CC)c3nc(-c4ccccc4F)c(Cl)cc23)[C@@H](C(=O)O)C1. The number of para-hydroxylation sites is 1. The Morgan fingerprint density at radius 3 is 2.40 bits per heavy atom. The molecular formula is C31H29ClFN5O4. The molecule has 3 heterocycles. The summed E-state index contributed by atoms with van der Waals surface area (Å²) in [5.74, 6) is -2.04. The van der Waals surface area contributed by atoms with Crippen molar-refractivity contribution in [3.63, 3.8) is 0 Å². The summed E-state index contributed by atoms with van der Waals surface area (Å²) in [6, 6.07) is 12.2. The Balaban J connectivity index is 1.84. The molecule has 1 atom stereocenters. The maximum absolute atomic E-state index is 14.9. The van der Waals surface area contributed by atoms with E-state index in [1.54, 1.807) is 24.3 Å². The van der Waals surface area contributed by atoms with Crippen LogP contribution in [0.1, 0.15) is 25.0 Å². The third-order valence-corrected chi connectivity index (χ3v) is 7.83. The van der Waals surface area contributed by atoms with E-state index in [-0.39, 0.29) is 47.4 Å². The molecule has 2 aromatic carbocycles. The molecule has 0 bridgehead atoms. The molecule has 0 saturated carbocycles. The van der Waals surface area contributed by atoms with E-state index >= 15 is 0 Å². The first kappa shape index (κ1) is 28.9. The van der Waals surface area contributed by atoms with Gasteiger partial charge in [-0.1, -0.05) is 62.4 Å². The average molecular weight is 590 g/mol. The molecule has 1 amide bonds. The van der Waals surface area contributed by atoms with Crippen molar-refractivity contribution in [1.82, 2.24) is 19.4 Å². The number of carboxylic acid groups (broad SMARTS) is 1. The van der Waals surface area contributed by atoms with Crippen LogP contribution in [0.4, 0.5) is 10.2 Å². The fourth-order valence-electron chi connectivity index (χ4n) is 5.45. The number of piperazine rings is 1. The van der Waals surface area contributed by atoms with Crippen molar-refractivity contribution in [2.24, 2.45) is 0 Å². The molecule has 0 aliphatic carbocycles. The zero-order chi connectivity index (χ0) is 30.1. The van der Waals surface area contributed by atoms with Gasteiger partial charge >= 0.3 is 11.7 Å². The Morgan fingerprint density at radius 2 is 1.79 bits per heavy atom. The van der Waals surface area contributed by atoms with E-state index in [1.165, 1.54) is 20.4 Å². The predicted molar refractivity (Wildman–Crippen MR) is 160 cm³/mol. The normalized spacial score (nSPS) is 15.2. The Hall–Kier alpha value is -4.57. The highest BCUT2D eigenvalue weighted by Crippen LogP contribution is 2.36.